The summed E-state index contributed by atoms with van der Waals surface area (Å²) in [7, 11) is 0. The van der Waals surface area contributed by atoms with Crippen LogP contribution < -0.4 is 15.5 Å². The number of nitrogens with zero attached hydrogens (tertiary/aromatic N) is 2. The minimum atomic E-state index is -0.122. The molecule has 0 atom stereocenters. The maximum atomic E-state index is 13.1. The number of morpholine rings is 1. The Morgan fingerprint density at radius 3 is 2.42 bits per heavy atom. The first kappa shape index (κ1) is 21.0. The Labute approximate surface area is 193 Å². The highest BCUT2D eigenvalue weighted by atomic mass is 16.5. The zero-order valence-electron chi connectivity index (χ0n) is 18.3. The fourth-order valence-electron chi connectivity index (χ4n) is 4.03. The first-order valence-corrected chi connectivity index (χ1v) is 11.2. The first-order valence-electron chi connectivity index (χ1n) is 11.2. The van der Waals surface area contributed by atoms with Crippen LogP contribution in [0.1, 0.15) is 15.9 Å². The van der Waals surface area contributed by atoms with E-state index in [1.165, 1.54) is 5.69 Å². The number of hydrogen-bond acceptors (Lipinski definition) is 5. The van der Waals surface area contributed by atoms with Crippen molar-refractivity contribution in [3.05, 3.63) is 96.1 Å². The molecule has 0 spiro atoms. The number of rotatable bonds is 6. The van der Waals surface area contributed by atoms with E-state index < -0.39 is 0 Å². The van der Waals surface area contributed by atoms with Gasteiger partial charge < -0.3 is 20.3 Å². The molecule has 1 amide bonds. The van der Waals surface area contributed by atoms with Crippen molar-refractivity contribution in [3.63, 3.8) is 0 Å². The van der Waals surface area contributed by atoms with Gasteiger partial charge in [0.05, 0.1) is 24.3 Å². The van der Waals surface area contributed by atoms with Crippen molar-refractivity contribution in [2.45, 2.75) is 6.54 Å². The number of nitrogens with one attached hydrogen (secondary N) is 2. The average molecular weight is 439 g/mol. The Morgan fingerprint density at radius 1 is 0.909 bits per heavy atom. The van der Waals surface area contributed by atoms with E-state index in [4.69, 9.17) is 9.72 Å². The molecule has 1 fully saturated rings. The number of benzene rings is 3. The minimum absolute atomic E-state index is 0.122. The third-order valence-corrected chi connectivity index (χ3v) is 5.77. The van der Waals surface area contributed by atoms with Crippen LogP contribution in [0, 0.1) is 0 Å². The Morgan fingerprint density at radius 2 is 1.64 bits per heavy atom. The van der Waals surface area contributed by atoms with Gasteiger partial charge in [-0.25, -0.2) is 4.98 Å². The molecule has 6 nitrogen and oxygen atoms in total. The van der Waals surface area contributed by atoms with Crippen LogP contribution in [0.5, 0.6) is 0 Å². The molecular formula is C27H26N4O2. The quantitative estimate of drug-likeness (QED) is 0.455. The molecule has 0 unspecified atom stereocenters. The van der Waals surface area contributed by atoms with E-state index in [1.807, 2.05) is 72.8 Å². The number of anilines is 3. The average Bonchev–Trinajstić information content (AvgIpc) is 2.88. The molecule has 1 aliphatic heterocycles. The van der Waals surface area contributed by atoms with Crippen molar-refractivity contribution in [1.29, 1.82) is 0 Å². The van der Waals surface area contributed by atoms with Crippen molar-refractivity contribution in [1.82, 2.24) is 10.3 Å². The van der Waals surface area contributed by atoms with E-state index in [1.54, 1.807) is 0 Å². The molecule has 0 radical (unpaired) electrons. The maximum absolute atomic E-state index is 13.1. The van der Waals surface area contributed by atoms with Gasteiger partial charge in [0.15, 0.2) is 0 Å². The summed E-state index contributed by atoms with van der Waals surface area (Å²) in [6.07, 6.45) is 0. The van der Waals surface area contributed by atoms with E-state index in [9.17, 15) is 4.79 Å². The van der Waals surface area contributed by atoms with Crippen molar-refractivity contribution >= 4 is 34.0 Å². The predicted octanol–water partition coefficient (Wildman–Crippen LogP) is 4.75. The summed E-state index contributed by atoms with van der Waals surface area (Å²) in [5.74, 6) is 0.515. The molecule has 0 aliphatic carbocycles. The molecule has 5 rings (SSSR count). The van der Waals surface area contributed by atoms with Crippen LogP contribution >= 0.6 is 0 Å². The van der Waals surface area contributed by atoms with Gasteiger partial charge in [0.2, 0.25) is 0 Å². The zero-order valence-corrected chi connectivity index (χ0v) is 18.3. The highest BCUT2D eigenvalue weighted by Gasteiger charge is 2.14. The van der Waals surface area contributed by atoms with Gasteiger partial charge in [-0.2, -0.15) is 0 Å². The summed E-state index contributed by atoms with van der Waals surface area (Å²) in [5.41, 5.74) is 4.53. The molecule has 166 valence electrons. The van der Waals surface area contributed by atoms with Crippen LogP contribution in [-0.4, -0.2) is 37.2 Å². The van der Waals surface area contributed by atoms with Gasteiger partial charge >= 0.3 is 0 Å². The van der Waals surface area contributed by atoms with Gasteiger partial charge in [-0.1, -0.05) is 48.5 Å². The first-order chi connectivity index (χ1) is 16.3. The second-order valence-corrected chi connectivity index (χ2v) is 8.01. The summed E-state index contributed by atoms with van der Waals surface area (Å²) in [5, 5.41) is 7.22. The summed E-state index contributed by atoms with van der Waals surface area (Å²) < 4.78 is 5.44. The number of carbonyl (C=O) groups excluding carboxylic acids is 1. The molecule has 4 aromatic rings. The molecule has 33 heavy (non-hydrogen) atoms. The lowest BCUT2D eigenvalue weighted by Crippen LogP contribution is -2.36. The van der Waals surface area contributed by atoms with Crippen LogP contribution in [0.25, 0.3) is 10.9 Å². The fourth-order valence-corrected chi connectivity index (χ4v) is 4.03. The smallest absolute Gasteiger partial charge is 0.252 e. The number of para-hydroxylation sites is 1. The molecule has 0 saturated carbocycles. The fraction of sp³-hybridized carbons (Fsp3) is 0.185. The lowest BCUT2D eigenvalue weighted by atomic mass is 10.1. The van der Waals surface area contributed by atoms with Crippen LogP contribution in [0.3, 0.4) is 0 Å². The number of ether oxygens (including phenoxy) is 1. The van der Waals surface area contributed by atoms with Crippen LogP contribution in [0.4, 0.5) is 17.2 Å². The summed E-state index contributed by atoms with van der Waals surface area (Å²) in [6.45, 7) is 3.80. The molecule has 0 bridgehead atoms. The monoisotopic (exact) mass is 438 g/mol. The van der Waals surface area contributed by atoms with Gasteiger partial charge in [0.1, 0.15) is 5.82 Å². The van der Waals surface area contributed by atoms with Crippen LogP contribution in [0.15, 0.2) is 84.9 Å². The van der Waals surface area contributed by atoms with Crippen molar-refractivity contribution in [2.24, 2.45) is 0 Å². The van der Waals surface area contributed by atoms with E-state index in [0.717, 1.165) is 48.5 Å². The molecule has 1 aliphatic rings. The summed E-state index contributed by atoms with van der Waals surface area (Å²) >= 11 is 0. The van der Waals surface area contributed by atoms with E-state index >= 15 is 0 Å². The number of carbonyl (C=O) groups is 1. The molecule has 6 heteroatoms. The molecule has 1 saturated heterocycles. The zero-order chi connectivity index (χ0) is 22.5. The van der Waals surface area contributed by atoms with Gasteiger partial charge in [0, 0.05) is 36.4 Å². The Kier molecular flexibility index (Phi) is 6.17. The van der Waals surface area contributed by atoms with Crippen molar-refractivity contribution < 1.29 is 9.53 Å². The van der Waals surface area contributed by atoms with Crippen molar-refractivity contribution in [3.8, 4) is 0 Å². The van der Waals surface area contributed by atoms with E-state index in [0.29, 0.717) is 17.9 Å². The third kappa shape index (κ3) is 4.96. The largest absolute Gasteiger partial charge is 0.378 e. The highest BCUT2D eigenvalue weighted by Crippen LogP contribution is 2.25. The van der Waals surface area contributed by atoms with Crippen LogP contribution in [-0.2, 0) is 11.3 Å². The van der Waals surface area contributed by atoms with Gasteiger partial charge in [-0.15, -0.1) is 0 Å². The van der Waals surface area contributed by atoms with E-state index in [-0.39, 0.29) is 5.91 Å². The summed E-state index contributed by atoms with van der Waals surface area (Å²) in [6, 6.07) is 27.7. The van der Waals surface area contributed by atoms with E-state index in [2.05, 4.69) is 27.7 Å². The number of amides is 1. The normalized spacial score (nSPS) is 13.6. The second kappa shape index (κ2) is 9.71. The lowest BCUT2D eigenvalue weighted by Gasteiger charge is -2.28. The van der Waals surface area contributed by atoms with Gasteiger partial charge in [0.25, 0.3) is 5.91 Å². The third-order valence-electron chi connectivity index (χ3n) is 5.77. The minimum Gasteiger partial charge on any atom is -0.378 e. The molecule has 2 heterocycles. The highest BCUT2D eigenvalue weighted by molar-refractivity contribution is 6.07. The maximum Gasteiger partial charge on any atom is 0.252 e. The standard InChI is InChI=1S/C27H26N4O2/c32-27(28-19-20-6-2-1-3-7-20)24-18-26(30-25-9-5-4-8-23(24)25)29-21-10-12-22(13-11-21)31-14-16-33-17-15-31/h1-13,18H,14-17,19H2,(H,28,32)(H,29,30). The van der Waals surface area contributed by atoms with Crippen molar-refractivity contribution in [2.75, 3.05) is 36.5 Å². The Bertz CT molecular complexity index is 1240. The summed E-state index contributed by atoms with van der Waals surface area (Å²) in [4.78, 5) is 20.1. The number of fused-ring (bicyclic) bond motifs is 1. The second-order valence-electron chi connectivity index (χ2n) is 8.01. The lowest BCUT2D eigenvalue weighted by molar-refractivity contribution is 0.0952. The molecule has 1 aromatic heterocycles. The SMILES string of the molecule is O=C(NCc1ccccc1)c1cc(Nc2ccc(N3CCOCC3)cc2)nc2ccccc12. The topological polar surface area (TPSA) is 66.5 Å². The number of aromatic nitrogens is 1. The van der Waals surface area contributed by atoms with Gasteiger partial charge in [-0.3, -0.25) is 4.79 Å². The molecule has 3 aromatic carbocycles. The van der Waals surface area contributed by atoms with Crippen LogP contribution in [0.2, 0.25) is 0 Å². The Hall–Kier alpha value is -3.90. The number of hydrogen-bond donors (Lipinski definition) is 2. The van der Waals surface area contributed by atoms with Gasteiger partial charge in [-0.05, 0) is 42.0 Å². The number of pyridine rings is 1. The Balaban J connectivity index is 1.36. The molecular weight excluding hydrogens is 412 g/mol. The predicted molar refractivity (Wildman–Crippen MR) is 132 cm³/mol. The molecule has 2 N–H and O–H groups in total.